The molecule has 2 amide bonds. The molecule has 158 valence electrons. The van der Waals surface area contributed by atoms with Crippen LogP contribution >= 0.6 is 11.6 Å². The Morgan fingerprint density at radius 1 is 1.06 bits per heavy atom. The number of amides is 2. The second-order valence-corrected chi connectivity index (χ2v) is 8.01. The summed E-state index contributed by atoms with van der Waals surface area (Å²) < 4.78 is 5.47. The number of hydrogen-bond acceptors (Lipinski definition) is 3. The molecule has 1 aliphatic rings. The molecule has 0 unspecified atom stereocenters. The standard InChI is InChI=1S/C25H23ClN2O3/c1-17-13-20-8-7-18(14-23(20)28(17)25(30)19-5-3-2-4-6-19)15-27-24(29)16-31-22-11-9-21(26)10-12-22/h2-12,14,17H,13,15-16H2,1H3,(H,27,29)/t17-/m1/s1. The largest absolute Gasteiger partial charge is 0.484 e. The maximum atomic E-state index is 13.1. The predicted molar refractivity (Wildman–Crippen MR) is 122 cm³/mol. The molecule has 0 spiro atoms. The van der Waals surface area contributed by atoms with Gasteiger partial charge in [-0.3, -0.25) is 9.59 Å². The van der Waals surface area contributed by atoms with Crippen LogP contribution in [0.5, 0.6) is 5.75 Å². The molecular formula is C25H23ClN2O3. The second-order valence-electron chi connectivity index (χ2n) is 7.58. The fourth-order valence-electron chi connectivity index (χ4n) is 3.72. The van der Waals surface area contributed by atoms with Crippen molar-refractivity contribution in [1.82, 2.24) is 5.32 Å². The van der Waals surface area contributed by atoms with E-state index in [1.54, 1.807) is 24.3 Å². The summed E-state index contributed by atoms with van der Waals surface area (Å²) in [5.74, 6) is 0.353. The minimum Gasteiger partial charge on any atom is -0.484 e. The lowest BCUT2D eigenvalue weighted by molar-refractivity contribution is -0.123. The summed E-state index contributed by atoms with van der Waals surface area (Å²) >= 11 is 5.85. The number of rotatable bonds is 6. The van der Waals surface area contributed by atoms with E-state index in [1.165, 1.54) is 0 Å². The molecule has 0 fully saturated rings. The lowest BCUT2D eigenvalue weighted by Crippen LogP contribution is -2.35. The van der Waals surface area contributed by atoms with E-state index >= 15 is 0 Å². The van der Waals surface area contributed by atoms with Crippen LogP contribution < -0.4 is 15.0 Å². The van der Waals surface area contributed by atoms with Gasteiger partial charge in [-0.15, -0.1) is 0 Å². The zero-order valence-corrected chi connectivity index (χ0v) is 17.9. The second kappa shape index (κ2) is 9.23. The van der Waals surface area contributed by atoms with Crippen LogP contribution in [-0.2, 0) is 17.8 Å². The lowest BCUT2D eigenvalue weighted by Gasteiger charge is -2.23. The Bertz CT molecular complexity index is 1080. The highest BCUT2D eigenvalue weighted by atomic mass is 35.5. The first-order valence-corrected chi connectivity index (χ1v) is 10.5. The van der Waals surface area contributed by atoms with Crippen LogP contribution in [0.25, 0.3) is 0 Å². The number of hydrogen-bond donors (Lipinski definition) is 1. The zero-order chi connectivity index (χ0) is 21.8. The molecule has 1 aliphatic heterocycles. The van der Waals surface area contributed by atoms with E-state index in [1.807, 2.05) is 53.4 Å². The average molecular weight is 435 g/mol. The van der Waals surface area contributed by atoms with Gasteiger partial charge >= 0.3 is 0 Å². The molecule has 0 radical (unpaired) electrons. The molecule has 1 atom stereocenters. The Kier molecular flexibility index (Phi) is 6.23. The van der Waals surface area contributed by atoms with E-state index in [-0.39, 0.29) is 24.5 Å². The van der Waals surface area contributed by atoms with Gasteiger partial charge in [0.1, 0.15) is 5.75 Å². The van der Waals surface area contributed by atoms with Crippen molar-refractivity contribution in [3.63, 3.8) is 0 Å². The van der Waals surface area contributed by atoms with Crippen molar-refractivity contribution < 1.29 is 14.3 Å². The number of nitrogens with zero attached hydrogens (tertiary/aromatic N) is 1. The quantitative estimate of drug-likeness (QED) is 0.615. The summed E-state index contributed by atoms with van der Waals surface area (Å²) in [7, 11) is 0. The number of halogens is 1. The molecule has 0 aliphatic carbocycles. The summed E-state index contributed by atoms with van der Waals surface area (Å²) in [6, 6.07) is 22.3. The molecule has 0 aromatic heterocycles. The number of ether oxygens (including phenoxy) is 1. The van der Waals surface area contributed by atoms with Crippen molar-refractivity contribution in [2.24, 2.45) is 0 Å². The van der Waals surface area contributed by atoms with Crippen LogP contribution in [0.15, 0.2) is 72.8 Å². The van der Waals surface area contributed by atoms with Gasteiger partial charge in [0.15, 0.2) is 6.61 Å². The van der Waals surface area contributed by atoms with E-state index in [0.29, 0.717) is 22.9 Å². The fraction of sp³-hybridized carbons (Fsp3) is 0.200. The maximum absolute atomic E-state index is 13.1. The van der Waals surface area contributed by atoms with E-state index in [2.05, 4.69) is 12.2 Å². The number of nitrogens with one attached hydrogen (secondary N) is 1. The van der Waals surface area contributed by atoms with E-state index in [9.17, 15) is 9.59 Å². The van der Waals surface area contributed by atoms with Gasteiger partial charge in [0.25, 0.3) is 11.8 Å². The highest BCUT2D eigenvalue weighted by Gasteiger charge is 2.31. The molecule has 6 heteroatoms. The van der Waals surface area contributed by atoms with Gasteiger partial charge in [0.05, 0.1) is 0 Å². The molecule has 0 bridgehead atoms. The van der Waals surface area contributed by atoms with Crippen LogP contribution in [0.4, 0.5) is 5.69 Å². The van der Waals surface area contributed by atoms with E-state index < -0.39 is 0 Å². The third-order valence-electron chi connectivity index (χ3n) is 5.28. The third kappa shape index (κ3) is 4.89. The SMILES string of the molecule is C[C@@H]1Cc2ccc(CNC(=O)COc3ccc(Cl)cc3)cc2N1C(=O)c1ccccc1. The Balaban J connectivity index is 1.40. The van der Waals surface area contributed by atoms with Crippen molar-refractivity contribution in [3.8, 4) is 5.75 Å². The van der Waals surface area contributed by atoms with Gasteiger partial charge in [0.2, 0.25) is 0 Å². The van der Waals surface area contributed by atoms with Crippen LogP contribution in [-0.4, -0.2) is 24.5 Å². The molecule has 1 N–H and O–H groups in total. The van der Waals surface area contributed by atoms with Crippen molar-refractivity contribution in [2.45, 2.75) is 25.9 Å². The van der Waals surface area contributed by atoms with E-state index in [0.717, 1.165) is 23.2 Å². The minimum absolute atomic E-state index is 0.00981. The number of fused-ring (bicyclic) bond motifs is 1. The van der Waals surface area contributed by atoms with Crippen molar-refractivity contribution in [2.75, 3.05) is 11.5 Å². The number of anilines is 1. The molecule has 4 rings (SSSR count). The monoisotopic (exact) mass is 434 g/mol. The summed E-state index contributed by atoms with van der Waals surface area (Å²) in [6.45, 7) is 2.33. The smallest absolute Gasteiger partial charge is 0.258 e. The molecule has 31 heavy (non-hydrogen) atoms. The zero-order valence-electron chi connectivity index (χ0n) is 17.2. The van der Waals surface area contributed by atoms with Crippen molar-refractivity contribution >= 4 is 29.1 Å². The van der Waals surface area contributed by atoms with Crippen molar-refractivity contribution in [3.05, 3.63) is 94.5 Å². The lowest BCUT2D eigenvalue weighted by atomic mass is 10.1. The van der Waals surface area contributed by atoms with Gasteiger partial charge in [-0.1, -0.05) is 41.9 Å². The first kappa shape index (κ1) is 20.9. The van der Waals surface area contributed by atoms with Gasteiger partial charge in [-0.2, -0.15) is 0 Å². The molecular weight excluding hydrogens is 412 g/mol. The molecule has 3 aromatic rings. The molecule has 0 saturated carbocycles. The Morgan fingerprint density at radius 3 is 2.55 bits per heavy atom. The van der Waals surface area contributed by atoms with Crippen LogP contribution in [0.1, 0.15) is 28.4 Å². The molecule has 0 saturated heterocycles. The Morgan fingerprint density at radius 2 is 1.81 bits per heavy atom. The Labute approximate surface area is 186 Å². The van der Waals surface area contributed by atoms with Crippen LogP contribution in [0.3, 0.4) is 0 Å². The van der Waals surface area contributed by atoms with Gasteiger partial charge in [-0.25, -0.2) is 0 Å². The first-order valence-electron chi connectivity index (χ1n) is 10.2. The highest BCUT2D eigenvalue weighted by Crippen LogP contribution is 2.34. The predicted octanol–water partition coefficient (Wildman–Crippen LogP) is 4.63. The number of carbonyl (C=O) groups excluding carboxylic acids is 2. The molecule has 1 heterocycles. The number of carbonyl (C=O) groups is 2. The summed E-state index contributed by atoms with van der Waals surface area (Å²) in [6.07, 6.45) is 0.815. The number of benzene rings is 3. The van der Waals surface area contributed by atoms with Gasteiger partial charge in [-0.05, 0) is 66.9 Å². The maximum Gasteiger partial charge on any atom is 0.258 e. The minimum atomic E-state index is -0.221. The normalized spacial score (nSPS) is 14.8. The van der Waals surface area contributed by atoms with E-state index in [4.69, 9.17) is 16.3 Å². The summed E-state index contributed by atoms with van der Waals surface area (Å²) in [4.78, 5) is 27.1. The van der Waals surface area contributed by atoms with Gasteiger partial charge in [0, 0.05) is 28.9 Å². The van der Waals surface area contributed by atoms with Crippen molar-refractivity contribution in [1.29, 1.82) is 0 Å². The third-order valence-corrected chi connectivity index (χ3v) is 5.53. The summed E-state index contributed by atoms with van der Waals surface area (Å²) in [5.41, 5.74) is 3.64. The van der Waals surface area contributed by atoms with Crippen LogP contribution in [0, 0.1) is 0 Å². The topological polar surface area (TPSA) is 58.6 Å². The summed E-state index contributed by atoms with van der Waals surface area (Å²) in [5, 5.41) is 3.48. The van der Waals surface area contributed by atoms with Crippen LogP contribution in [0.2, 0.25) is 5.02 Å². The first-order chi connectivity index (χ1) is 15.0. The van der Waals surface area contributed by atoms with Gasteiger partial charge < -0.3 is 15.0 Å². The highest BCUT2D eigenvalue weighted by molar-refractivity contribution is 6.30. The molecule has 3 aromatic carbocycles. The Hall–Kier alpha value is -3.31. The fourth-order valence-corrected chi connectivity index (χ4v) is 3.85. The average Bonchev–Trinajstić information content (AvgIpc) is 3.12. The molecule has 5 nitrogen and oxygen atoms in total.